The monoisotopic (exact) mass is 402 g/mol. The van der Waals surface area contributed by atoms with Gasteiger partial charge in [-0.3, -0.25) is 4.79 Å². The van der Waals surface area contributed by atoms with Gasteiger partial charge in [-0.05, 0) is 42.8 Å². The summed E-state index contributed by atoms with van der Waals surface area (Å²) >= 11 is 0. The van der Waals surface area contributed by atoms with E-state index in [0.717, 1.165) is 54.3 Å². The van der Waals surface area contributed by atoms with Crippen LogP contribution in [0.3, 0.4) is 0 Å². The second-order valence-corrected chi connectivity index (χ2v) is 8.49. The Bertz CT molecular complexity index is 1100. The van der Waals surface area contributed by atoms with Crippen LogP contribution in [0.1, 0.15) is 21.7 Å². The van der Waals surface area contributed by atoms with Crippen molar-refractivity contribution >= 4 is 22.6 Å². The van der Waals surface area contributed by atoms with E-state index in [1.165, 1.54) is 0 Å². The van der Waals surface area contributed by atoms with Crippen LogP contribution in [-0.2, 0) is 0 Å². The molecule has 0 saturated carbocycles. The van der Waals surface area contributed by atoms with Crippen LogP contribution in [0.2, 0.25) is 0 Å². The summed E-state index contributed by atoms with van der Waals surface area (Å²) in [4.78, 5) is 26.8. The van der Waals surface area contributed by atoms with Crippen molar-refractivity contribution in [2.24, 2.45) is 11.8 Å². The molecular weight excluding hydrogens is 376 g/mol. The van der Waals surface area contributed by atoms with Gasteiger partial charge in [0.2, 0.25) is 5.95 Å². The number of likely N-dealkylation sites (tertiary alicyclic amines) is 1. The van der Waals surface area contributed by atoms with Crippen LogP contribution in [0, 0.1) is 25.7 Å². The number of aryl methyl sites for hydroxylation is 2. The van der Waals surface area contributed by atoms with E-state index in [0.29, 0.717) is 23.1 Å². The number of hydrogen-bond donors (Lipinski definition) is 0. The molecule has 6 nitrogen and oxygen atoms in total. The Labute approximate surface area is 176 Å². The molecule has 3 aromatic rings. The molecular formula is C24H26N4O2. The predicted molar refractivity (Wildman–Crippen MR) is 117 cm³/mol. The number of hydrogen-bond acceptors (Lipinski definition) is 5. The number of ether oxygens (including phenoxy) is 1. The number of carbonyl (C=O) groups is 1. The van der Waals surface area contributed by atoms with Crippen molar-refractivity contribution in [3.05, 3.63) is 59.4 Å². The molecule has 2 unspecified atom stereocenters. The van der Waals surface area contributed by atoms with Crippen LogP contribution >= 0.6 is 0 Å². The number of carbonyl (C=O) groups excluding carboxylic acids is 1. The average Bonchev–Trinajstić information content (AvgIpc) is 3.31. The fourth-order valence-electron chi connectivity index (χ4n) is 4.90. The Morgan fingerprint density at radius 2 is 1.53 bits per heavy atom. The summed E-state index contributed by atoms with van der Waals surface area (Å²) in [5.41, 5.74) is 2.63. The number of anilines is 1. The van der Waals surface area contributed by atoms with Crippen LogP contribution in [0.15, 0.2) is 42.5 Å². The molecule has 2 aromatic carbocycles. The highest BCUT2D eigenvalue weighted by Crippen LogP contribution is 2.35. The van der Waals surface area contributed by atoms with Gasteiger partial charge in [0.25, 0.3) is 5.91 Å². The number of aromatic nitrogens is 2. The van der Waals surface area contributed by atoms with Gasteiger partial charge in [0, 0.05) is 49.4 Å². The highest BCUT2D eigenvalue weighted by Gasteiger charge is 2.43. The number of rotatable bonds is 3. The van der Waals surface area contributed by atoms with Gasteiger partial charge in [-0.25, -0.2) is 9.97 Å². The van der Waals surface area contributed by atoms with Crippen molar-refractivity contribution in [2.45, 2.75) is 13.8 Å². The SMILES string of the molecule is COc1cc2ccccc2cc1C(=O)N1CC2CN(c3nc(C)cc(C)n3)CC2C1. The molecule has 2 saturated heterocycles. The molecule has 3 heterocycles. The quantitative estimate of drug-likeness (QED) is 0.672. The van der Waals surface area contributed by atoms with Gasteiger partial charge < -0.3 is 14.5 Å². The third-order valence-electron chi connectivity index (χ3n) is 6.33. The van der Waals surface area contributed by atoms with E-state index in [4.69, 9.17) is 4.74 Å². The Balaban J connectivity index is 1.34. The third kappa shape index (κ3) is 3.26. The van der Waals surface area contributed by atoms with Gasteiger partial charge in [-0.2, -0.15) is 0 Å². The third-order valence-corrected chi connectivity index (χ3v) is 6.33. The number of amides is 1. The molecule has 2 atom stereocenters. The standard InChI is InChI=1S/C24H26N4O2/c1-15-8-16(2)26-24(25-15)28-13-19-11-27(12-20(19)14-28)23(29)21-9-17-6-4-5-7-18(17)10-22(21)30-3/h4-10,19-20H,11-14H2,1-3H3. The van der Waals surface area contributed by atoms with E-state index in [9.17, 15) is 4.79 Å². The molecule has 154 valence electrons. The topological polar surface area (TPSA) is 58.6 Å². The Morgan fingerprint density at radius 1 is 0.933 bits per heavy atom. The second kappa shape index (κ2) is 7.27. The zero-order valence-electron chi connectivity index (χ0n) is 17.6. The first kappa shape index (κ1) is 18.9. The van der Waals surface area contributed by atoms with Crippen molar-refractivity contribution in [3.8, 4) is 5.75 Å². The van der Waals surface area contributed by atoms with Gasteiger partial charge in [-0.1, -0.05) is 24.3 Å². The molecule has 2 aliphatic heterocycles. The predicted octanol–water partition coefficient (Wildman–Crippen LogP) is 3.46. The van der Waals surface area contributed by atoms with Crippen molar-refractivity contribution in [2.75, 3.05) is 38.2 Å². The molecule has 5 rings (SSSR count). The smallest absolute Gasteiger partial charge is 0.257 e. The van der Waals surface area contributed by atoms with E-state index in [1.54, 1.807) is 7.11 Å². The lowest BCUT2D eigenvalue weighted by Gasteiger charge is -2.23. The first-order valence-electron chi connectivity index (χ1n) is 10.4. The van der Waals surface area contributed by atoms with Crippen molar-refractivity contribution < 1.29 is 9.53 Å². The number of fused-ring (bicyclic) bond motifs is 2. The fraction of sp³-hybridized carbons (Fsp3) is 0.375. The fourth-order valence-corrected chi connectivity index (χ4v) is 4.90. The molecule has 2 fully saturated rings. The van der Waals surface area contributed by atoms with Crippen LogP contribution in [0.4, 0.5) is 5.95 Å². The summed E-state index contributed by atoms with van der Waals surface area (Å²) in [6.07, 6.45) is 0. The molecule has 1 amide bonds. The maximum absolute atomic E-state index is 13.3. The molecule has 0 N–H and O–H groups in total. The molecule has 0 spiro atoms. The maximum atomic E-state index is 13.3. The Morgan fingerprint density at radius 3 is 2.13 bits per heavy atom. The van der Waals surface area contributed by atoms with Gasteiger partial charge >= 0.3 is 0 Å². The van der Waals surface area contributed by atoms with Crippen LogP contribution in [-0.4, -0.2) is 54.1 Å². The van der Waals surface area contributed by atoms with Gasteiger partial charge in [0.05, 0.1) is 12.7 Å². The summed E-state index contributed by atoms with van der Waals surface area (Å²) in [5.74, 6) is 2.41. The number of nitrogens with zero attached hydrogens (tertiary/aromatic N) is 4. The van der Waals surface area contributed by atoms with E-state index < -0.39 is 0 Å². The lowest BCUT2D eigenvalue weighted by Crippen LogP contribution is -2.34. The first-order chi connectivity index (χ1) is 14.5. The van der Waals surface area contributed by atoms with Crippen molar-refractivity contribution in [1.82, 2.24) is 14.9 Å². The van der Waals surface area contributed by atoms with Crippen molar-refractivity contribution in [3.63, 3.8) is 0 Å². The normalized spacial score (nSPS) is 20.6. The molecule has 2 aliphatic rings. The Hall–Kier alpha value is -3.15. The minimum Gasteiger partial charge on any atom is -0.496 e. The van der Waals surface area contributed by atoms with Gasteiger partial charge in [0.15, 0.2) is 0 Å². The minimum absolute atomic E-state index is 0.0567. The molecule has 6 heteroatoms. The van der Waals surface area contributed by atoms with Crippen molar-refractivity contribution in [1.29, 1.82) is 0 Å². The lowest BCUT2D eigenvalue weighted by molar-refractivity contribution is 0.0779. The summed E-state index contributed by atoms with van der Waals surface area (Å²) in [6, 6.07) is 14.0. The summed E-state index contributed by atoms with van der Waals surface area (Å²) in [7, 11) is 1.63. The van der Waals surface area contributed by atoms with E-state index in [1.807, 2.05) is 61.2 Å². The van der Waals surface area contributed by atoms with Gasteiger partial charge in [0.1, 0.15) is 5.75 Å². The van der Waals surface area contributed by atoms with Gasteiger partial charge in [-0.15, -0.1) is 0 Å². The zero-order valence-corrected chi connectivity index (χ0v) is 17.6. The van der Waals surface area contributed by atoms with E-state index in [2.05, 4.69) is 14.9 Å². The highest BCUT2D eigenvalue weighted by atomic mass is 16.5. The highest BCUT2D eigenvalue weighted by molar-refractivity contribution is 6.01. The summed E-state index contributed by atoms with van der Waals surface area (Å²) in [6.45, 7) is 7.33. The van der Waals surface area contributed by atoms with E-state index in [-0.39, 0.29) is 5.91 Å². The second-order valence-electron chi connectivity index (χ2n) is 8.49. The average molecular weight is 402 g/mol. The van der Waals surface area contributed by atoms with Crippen LogP contribution in [0.25, 0.3) is 10.8 Å². The van der Waals surface area contributed by atoms with E-state index >= 15 is 0 Å². The molecule has 0 aliphatic carbocycles. The Kier molecular flexibility index (Phi) is 4.57. The number of methoxy groups -OCH3 is 1. The summed E-state index contributed by atoms with van der Waals surface area (Å²) < 4.78 is 5.55. The molecule has 1 aromatic heterocycles. The maximum Gasteiger partial charge on any atom is 0.257 e. The molecule has 30 heavy (non-hydrogen) atoms. The summed E-state index contributed by atoms with van der Waals surface area (Å²) in [5, 5.41) is 2.13. The van der Waals surface area contributed by atoms with Crippen LogP contribution < -0.4 is 9.64 Å². The molecule has 0 radical (unpaired) electrons. The van der Waals surface area contributed by atoms with Crippen LogP contribution in [0.5, 0.6) is 5.75 Å². The zero-order chi connectivity index (χ0) is 20.8. The lowest BCUT2D eigenvalue weighted by atomic mass is 10.0. The number of benzene rings is 2. The largest absolute Gasteiger partial charge is 0.496 e. The minimum atomic E-state index is 0.0567. The molecule has 0 bridgehead atoms. The first-order valence-corrected chi connectivity index (χ1v) is 10.4.